The zero-order chi connectivity index (χ0) is 13.2. The fourth-order valence-corrected chi connectivity index (χ4v) is 2.40. The summed E-state index contributed by atoms with van der Waals surface area (Å²) in [6.07, 6.45) is 2.92. The molecule has 2 aromatic rings. The average Bonchev–Trinajstić information content (AvgIpc) is 2.90. The maximum atomic E-state index is 4.45. The van der Waals surface area contributed by atoms with Gasteiger partial charge in [-0.3, -0.25) is 4.99 Å². The van der Waals surface area contributed by atoms with Crippen LogP contribution in [0.2, 0.25) is 0 Å². The van der Waals surface area contributed by atoms with Crippen LogP contribution in [-0.4, -0.2) is 6.34 Å². The average molecular weight is 249 g/mol. The third kappa shape index (κ3) is 2.39. The molecule has 95 valence electrons. The van der Waals surface area contributed by atoms with E-state index in [4.69, 9.17) is 0 Å². The molecule has 19 heavy (non-hydrogen) atoms. The van der Waals surface area contributed by atoms with Crippen molar-refractivity contribution in [3.8, 4) is 0 Å². The van der Waals surface area contributed by atoms with Gasteiger partial charge in [0, 0.05) is 0 Å². The summed E-state index contributed by atoms with van der Waals surface area (Å²) in [6, 6.07) is 17.5. The van der Waals surface area contributed by atoms with Gasteiger partial charge in [0.15, 0.2) is 6.34 Å². The second-order valence-electron chi connectivity index (χ2n) is 5.13. The maximum absolute atomic E-state index is 4.45. The highest BCUT2D eigenvalue weighted by Crippen LogP contribution is 2.34. The Morgan fingerprint density at radius 2 is 1.37 bits per heavy atom. The van der Waals surface area contributed by atoms with E-state index in [0.29, 0.717) is 0 Å². The van der Waals surface area contributed by atoms with Gasteiger partial charge in [0.25, 0.3) is 0 Å². The van der Waals surface area contributed by atoms with Crippen LogP contribution in [0.3, 0.4) is 0 Å². The number of hydrogen-bond donors (Lipinski definition) is 1. The highest BCUT2D eigenvalue weighted by atomic mass is 15.1. The second-order valence-corrected chi connectivity index (χ2v) is 5.13. The smallest absolute Gasteiger partial charge is 0.165 e. The molecule has 2 atom stereocenters. The monoisotopic (exact) mass is 249 g/mol. The van der Waals surface area contributed by atoms with Gasteiger partial charge in [0.1, 0.15) is 6.04 Å². The lowest BCUT2D eigenvalue weighted by atomic mass is 9.94. The maximum Gasteiger partial charge on any atom is 0.165 e. The Hall–Kier alpha value is -2.09. The van der Waals surface area contributed by atoms with Gasteiger partial charge < -0.3 is 5.32 Å². The normalized spacial score (nSPS) is 21.4. The van der Waals surface area contributed by atoms with Crippen molar-refractivity contribution in [2.24, 2.45) is 4.99 Å². The van der Waals surface area contributed by atoms with E-state index in [1.54, 1.807) is 0 Å². The van der Waals surface area contributed by atoms with Crippen molar-refractivity contribution in [3.63, 3.8) is 0 Å². The van der Waals surface area contributed by atoms with Crippen LogP contribution in [0.4, 0.5) is 0 Å². The molecule has 0 bridgehead atoms. The molecule has 1 heterocycles. The fraction of sp³-hybridized carbons (Fsp3) is 0.235. The molecular weight excluding hydrogens is 232 g/mol. The molecule has 1 radical (unpaired) electrons. The molecule has 0 saturated heterocycles. The first-order chi connectivity index (χ1) is 9.24. The van der Waals surface area contributed by atoms with E-state index in [0.717, 1.165) is 0 Å². The van der Waals surface area contributed by atoms with Crippen LogP contribution in [0.25, 0.3) is 0 Å². The van der Waals surface area contributed by atoms with E-state index in [-0.39, 0.29) is 12.1 Å². The summed E-state index contributed by atoms with van der Waals surface area (Å²) >= 11 is 0. The lowest BCUT2D eigenvalue weighted by molar-refractivity contribution is 0.573. The Balaban J connectivity index is 1.90. The molecule has 0 fully saturated rings. The number of benzene rings is 2. The Kier molecular flexibility index (Phi) is 3.08. The minimum Gasteiger partial charge on any atom is -0.358 e. The molecule has 2 aromatic carbocycles. The zero-order valence-electron chi connectivity index (χ0n) is 11.2. The first-order valence-corrected chi connectivity index (χ1v) is 6.57. The number of aliphatic imine (C=N–C) groups is 1. The molecule has 1 N–H and O–H groups in total. The molecule has 2 heteroatoms. The molecule has 2 nitrogen and oxygen atoms in total. The molecule has 3 rings (SSSR count). The Bertz CT molecular complexity index is 582. The van der Waals surface area contributed by atoms with E-state index in [1.165, 1.54) is 22.3 Å². The predicted octanol–water partition coefficient (Wildman–Crippen LogP) is 3.59. The van der Waals surface area contributed by atoms with Crippen molar-refractivity contribution in [1.29, 1.82) is 0 Å². The van der Waals surface area contributed by atoms with Crippen LogP contribution in [0.5, 0.6) is 0 Å². The lowest BCUT2D eigenvalue weighted by Gasteiger charge is -2.19. The zero-order valence-corrected chi connectivity index (χ0v) is 11.2. The largest absolute Gasteiger partial charge is 0.358 e. The minimum absolute atomic E-state index is 0.114. The van der Waals surface area contributed by atoms with Crippen LogP contribution >= 0.6 is 0 Å². The van der Waals surface area contributed by atoms with E-state index in [1.807, 2.05) is 0 Å². The van der Waals surface area contributed by atoms with E-state index in [9.17, 15) is 0 Å². The topological polar surface area (TPSA) is 24.4 Å². The molecule has 0 spiro atoms. The molecule has 0 aliphatic carbocycles. The summed E-state index contributed by atoms with van der Waals surface area (Å²) in [7, 11) is 0. The van der Waals surface area contributed by atoms with Gasteiger partial charge in [-0.05, 0) is 25.0 Å². The van der Waals surface area contributed by atoms with Gasteiger partial charge in [-0.2, -0.15) is 0 Å². The summed E-state index contributed by atoms with van der Waals surface area (Å²) in [4.78, 5) is 4.45. The lowest BCUT2D eigenvalue weighted by Crippen LogP contribution is -2.18. The van der Waals surface area contributed by atoms with Gasteiger partial charge in [0.2, 0.25) is 0 Å². The highest BCUT2D eigenvalue weighted by Gasteiger charge is 2.27. The number of nitrogens with zero attached hydrogens (tertiary/aromatic N) is 1. The first-order valence-electron chi connectivity index (χ1n) is 6.57. The van der Waals surface area contributed by atoms with E-state index in [2.05, 4.69) is 79.0 Å². The Morgan fingerprint density at radius 3 is 1.95 bits per heavy atom. The molecule has 0 saturated carbocycles. The molecule has 0 amide bonds. The quantitative estimate of drug-likeness (QED) is 0.864. The van der Waals surface area contributed by atoms with Gasteiger partial charge in [0.05, 0.1) is 6.04 Å². The highest BCUT2D eigenvalue weighted by molar-refractivity contribution is 5.60. The minimum atomic E-state index is 0.114. The molecule has 1 aliphatic heterocycles. The van der Waals surface area contributed by atoms with Crippen LogP contribution in [0.15, 0.2) is 53.5 Å². The van der Waals surface area contributed by atoms with E-state index >= 15 is 0 Å². The molecule has 0 aromatic heterocycles. The fourth-order valence-electron chi connectivity index (χ4n) is 2.40. The number of hydrogen-bond acceptors (Lipinski definition) is 2. The number of rotatable bonds is 2. The van der Waals surface area contributed by atoms with Crippen molar-refractivity contribution >= 4 is 6.34 Å². The van der Waals surface area contributed by atoms with Gasteiger partial charge in [-0.15, -0.1) is 0 Å². The second kappa shape index (κ2) is 4.88. The van der Waals surface area contributed by atoms with Crippen molar-refractivity contribution in [1.82, 2.24) is 5.32 Å². The Labute approximate surface area is 114 Å². The third-order valence-electron chi connectivity index (χ3n) is 3.59. The molecule has 1 aliphatic rings. The van der Waals surface area contributed by atoms with Crippen molar-refractivity contribution in [3.05, 3.63) is 70.8 Å². The van der Waals surface area contributed by atoms with Crippen LogP contribution < -0.4 is 5.32 Å². The summed E-state index contributed by atoms with van der Waals surface area (Å²) < 4.78 is 0. The summed E-state index contributed by atoms with van der Waals surface area (Å²) in [5.74, 6) is 0. The SMILES string of the molecule is Cc1ccc([C@H]2N=[C]N[C@H]2c2ccc(C)cc2)cc1. The van der Waals surface area contributed by atoms with Crippen molar-refractivity contribution in [2.45, 2.75) is 25.9 Å². The van der Waals surface area contributed by atoms with Crippen molar-refractivity contribution < 1.29 is 0 Å². The van der Waals surface area contributed by atoms with E-state index < -0.39 is 0 Å². The Morgan fingerprint density at radius 1 is 0.842 bits per heavy atom. The number of aryl methyl sites for hydroxylation is 2. The summed E-state index contributed by atoms with van der Waals surface area (Å²) in [5.41, 5.74) is 5.03. The van der Waals surface area contributed by atoms with Crippen LogP contribution in [0.1, 0.15) is 34.3 Å². The standard InChI is InChI=1S/C17H17N2/c1-12-3-7-14(8-4-12)16-17(19-11-18-16)15-9-5-13(2)6-10-15/h3-10,16-17H,1-2H3,(H,18,19)/t16-,17+. The molecular formula is C17H17N2. The molecule has 0 unspecified atom stereocenters. The predicted molar refractivity (Wildman–Crippen MR) is 78.4 cm³/mol. The number of nitrogens with one attached hydrogen (secondary N) is 1. The van der Waals surface area contributed by atoms with Gasteiger partial charge in [-0.25, -0.2) is 0 Å². The summed E-state index contributed by atoms with van der Waals surface area (Å²) in [6.45, 7) is 4.20. The van der Waals surface area contributed by atoms with Gasteiger partial charge >= 0.3 is 0 Å². The van der Waals surface area contributed by atoms with Crippen LogP contribution in [-0.2, 0) is 0 Å². The first kappa shape index (κ1) is 12.0. The van der Waals surface area contributed by atoms with Crippen LogP contribution in [0, 0.1) is 13.8 Å². The van der Waals surface area contributed by atoms with Gasteiger partial charge in [-0.1, -0.05) is 59.7 Å². The third-order valence-corrected chi connectivity index (χ3v) is 3.59. The van der Waals surface area contributed by atoms with Crippen molar-refractivity contribution in [2.75, 3.05) is 0 Å². The summed E-state index contributed by atoms with van der Waals surface area (Å²) in [5, 5.41) is 3.24.